The van der Waals surface area contributed by atoms with Crippen LogP contribution < -0.4 is 0 Å². The predicted molar refractivity (Wildman–Crippen MR) is 270 cm³/mol. The molecule has 63 heavy (non-hydrogen) atoms. The zero-order valence-electron chi connectivity index (χ0n) is 41.8. The van der Waals surface area contributed by atoms with Gasteiger partial charge in [0.15, 0.2) is 6.10 Å². The van der Waals surface area contributed by atoms with Crippen LogP contribution in [0.15, 0.2) is 48.6 Å². The highest BCUT2D eigenvalue weighted by Gasteiger charge is 2.19. The molecular formula is C57H102O6. The number of esters is 3. The van der Waals surface area contributed by atoms with Crippen LogP contribution in [0.4, 0.5) is 0 Å². The summed E-state index contributed by atoms with van der Waals surface area (Å²) < 4.78 is 16.8. The SMILES string of the molecule is CCCC/C=C\C/C=C\CCCCCCCC(=O)OC[C@H](COC(=O)CCCCCCCCCCCCCCCCCCC)OC(=O)CCCCCCC/C=C\C/C=C\CCCC. The third-order valence-electron chi connectivity index (χ3n) is 11.8. The van der Waals surface area contributed by atoms with Crippen molar-refractivity contribution in [2.24, 2.45) is 0 Å². The molecule has 6 heteroatoms. The summed E-state index contributed by atoms with van der Waals surface area (Å²) in [7, 11) is 0. The Morgan fingerprint density at radius 1 is 0.317 bits per heavy atom. The minimum Gasteiger partial charge on any atom is -0.462 e. The summed E-state index contributed by atoms with van der Waals surface area (Å²) in [6.45, 7) is 6.56. The van der Waals surface area contributed by atoms with Gasteiger partial charge in [-0.3, -0.25) is 14.4 Å². The Balaban J connectivity index is 4.37. The molecule has 0 saturated carbocycles. The van der Waals surface area contributed by atoms with Gasteiger partial charge in [0, 0.05) is 19.3 Å². The molecule has 0 amide bonds. The van der Waals surface area contributed by atoms with Crippen LogP contribution in [0.5, 0.6) is 0 Å². The van der Waals surface area contributed by atoms with Gasteiger partial charge in [0.2, 0.25) is 0 Å². The van der Waals surface area contributed by atoms with Crippen molar-refractivity contribution in [2.75, 3.05) is 13.2 Å². The molecule has 0 aliphatic carbocycles. The summed E-state index contributed by atoms with van der Waals surface area (Å²) in [5.74, 6) is -0.899. The minimum absolute atomic E-state index is 0.0809. The topological polar surface area (TPSA) is 78.9 Å². The van der Waals surface area contributed by atoms with Gasteiger partial charge in [-0.15, -0.1) is 0 Å². The number of hydrogen-bond donors (Lipinski definition) is 0. The van der Waals surface area contributed by atoms with Crippen molar-refractivity contribution in [1.29, 1.82) is 0 Å². The highest BCUT2D eigenvalue weighted by molar-refractivity contribution is 5.71. The van der Waals surface area contributed by atoms with Crippen molar-refractivity contribution in [3.05, 3.63) is 48.6 Å². The minimum atomic E-state index is -0.783. The average molecular weight is 883 g/mol. The lowest BCUT2D eigenvalue weighted by Gasteiger charge is -2.18. The molecule has 366 valence electrons. The second kappa shape index (κ2) is 52.0. The van der Waals surface area contributed by atoms with Crippen LogP contribution in [0.1, 0.15) is 278 Å². The Kier molecular flexibility index (Phi) is 49.8. The molecule has 0 bridgehead atoms. The summed E-state index contributed by atoms with van der Waals surface area (Å²) in [6, 6.07) is 0. The molecule has 0 aliphatic heterocycles. The molecule has 1 atom stereocenters. The van der Waals surface area contributed by atoms with E-state index >= 15 is 0 Å². The van der Waals surface area contributed by atoms with Gasteiger partial charge in [0.05, 0.1) is 0 Å². The number of carbonyl (C=O) groups excluding carboxylic acids is 3. The molecule has 0 aromatic carbocycles. The normalized spacial score (nSPS) is 12.4. The Bertz CT molecular complexity index is 1110. The number of carbonyl (C=O) groups is 3. The van der Waals surface area contributed by atoms with E-state index in [1.165, 1.54) is 135 Å². The average Bonchev–Trinajstić information content (AvgIpc) is 3.28. The van der Waals surface area contributed by atoms with Crippen molar-refractivity contribution in [1.82, 2.24) is 0 Å². The largest absolute Gasteiger partial charge is 0.462 e. The fraction of sp³-hybridized carbons (Fsp3) is 0.807. The quantitative estimate of drug-likeness (QED) is 0.0262. The molecule has 0 aromatic heterocycles. The van der Waals surface area contributed by atoms with Crippen molar-refractivity contribution in [2.45, 2.75) is 284 Å². The van der Waals surface area contributed by atoms with E-state index in [1.54, 1.807) is 0 Å². The number of allylic oxidation sites excluding steroid dienone is 8. The molecule has 0 saturated heterocycles. The van der Waals surface area contributed by atoms with E-state index in [-0.39, 0.29) is 31.1 Å². The van der Waals surface area contributed by atoms with E-state index in [4.69, 9.17) is 14.2 Å². The molecule has 0 fully saturated rings. The Labute approximate surface area is 390 Å². The molecule has 0 radical (unpaired) electrons. The van der Waals surface area contributed by atoms with Gasteiger partial charge >= 0.3 is 17.9 Å². The van der Waals surface area contributed by atoms with E-state index in [1.807, 2.05) is 0 Å². The van der Waals surface area contributed by atoms with Gasteiger partial charge < -0.3 is 14.2 Å². The van der Waals surface area contributed by atoms with Crippen molar-refractivity contribution >= 4 is 17.9 Å². The third-order valence-corrected chi connectivity index (χ3v) is 11.8. The highest BCUT2D eigenvalue weighted by Crippen LogP contribution is 2.16. The van der Waals surface area contributed by atoms with Gasteiger partial charge in [0.25, 0.3) is 0 Å². The summed E-state index contributed by atoms with van der Waals surface area (Å²) in [4.78, 5) is 38.0. The number of hydrogen-bond acceptors (Lipinski definition) is 6. The number of unbranched alkanes of at least 4 members (excludes halogenated alkanes) is 30. The molecule has 0 N–H and O–H groups in total. The Morgan fingerprint density at radius 2 is 0.587 bits per heavy atom. The fourth-order valence-corrected chi connectivity index (χ4v) is 7.65. The molecule has 0 rings (SSSR count). The van der Waals surface area contributed by atoms with Crippen LogP contribution in [0.2, 0.25) is 0 Å². The lowest BCUT2D eigenvalue weighted by Crippen LogP contribution is -2.30. The van der Waals surface area contributed by atoms with Crippen LogP contribution in [0, 0.1) is 0 Å². The maximum Gasteiger partial charge on any atom is 0.306 e. The fourth-order valence-electron chi connectivity index (χ4n) is 7.65. The van der Waals surface area contributed by atoms with Gasteiger partial charge in [-0.05, 0) is 70.6 Å². The zero-order valence-corrected chi connectivity index (χ0v) is 41.8. The van der Waals surface area contributed by atoms with E-state index in [0.29, 0.717) is 19.3 Å². The molecule has 0 heterocycles. The first-order valence-electron chi connectivity index (χ1n) is 27.1. The Hall–Kier alpha value is -2.63. The highest BCUT2D eigenvalue weighted by atomic mass is 16.6. The zero-order chi connectivity index (χ0) is 45.8. The monoisotopic (exact) mass is 883 g/mol. The summed E-state index contributed by atoms with van der Waals surface area (Å²) in [6.07, 6.45) is 62.3. The lowest BCUT2D eigenvalue weighted by atomic mass is 10.0. The lowest BCUT2D eigenvalue weighted by molar-refractivity contribution is -0.167. The second-order valence-corrected chi connectivity index (χ2v) is 18.1. The Morgan fingerprint density at radius 3 is 0.921 bits per heavy atom. The first-order valence-corrected chi connectivity index (χ1v) is 27.1. The standard InChI is InChI=1S/C57H102O6/c1-4-7-10-13-16-19-22-25-28-29-30-33-35-38-41-44-47-50-56(59)62-53-54(63-57(60)51-48-45-42-39-36-32-27-24-21-18-15-12-9-6-3)52-61-55(58)49-46-43-40-37-34-31-26-23-20-17-14-11-8-5-2/h14-15,17-18,23-24,26-27,54H,4-13,16,19-22,25,28-53H2,1-3H3/b17-14-,18-15-,26-23-,27-24-/t54-/m1/s1. The predicted octanol–water partition coefficient (Wildman–Crippen LogP) is 17.9. The van der Waals surface area contributed by atoms with Crippen LogP contribution in [0.3, 0.4) is 0 Å². The second-order valence-electron chi connectivity index (χ2n) is 18.1. The van der Waals surface area contributed by atoms with Crippen molar-refractivity contribution in [3.8, 4) is 0 Å². The van der Waals surface area contributed by atoms with E-state index in [2.05, 4.69) is 69.4 Å². The molecular weight excluding hydrogens is 781 g/mol. The van der Waals surface area contributed by atoms with Crippen LogP contribution >= 0.6 is 0 Å². The summed E-state index contributed by atoms with van der Waals surface area (Å²) in [5, 5.41) is 0. The number of rotatable bonds is 49. The molecule has 0 aromatic rings. The third kappa shape index (κ3) is 50.2. The van der Waals surface area contributed by atoms with Gasteiger partial charge in [-0.2, -0.15) is 0 Å². The molecule has 0 unspecified atom stereocenters. The maximum atomic E-state index is 12.8. The molecule has 0 aliphatic rings. The van der Waals surface area contributed by atoms with Gasteiger partial charge in [-0.1, -0.05) is 236 Å². The molecule has 0 spiro atoms. The van der Waals surface area contributed by atoms with Crippen LogP contribution in [-0.2, 0) is 28.6 Å². The summed E-state index contributed by atoms with van der Waals surface area (Å²) >= 11 is 0. The number of ether oxygens (including phenoxy) is 3. The first kappa shape index (κ1) is 60.4. The van der Waals surface area contributed by atoms with Gasteiger partial charge in [-0.25, -0.2) is 0 Å². The smallest absolute Gasteiger partial charge is 0.306 e. The van der Waals surface area contributed by atoms with Crippen molar-refractivity contribution < 1.29 is 28.6 Å². The van der Waals surface area contributed by atoms with Crippen LogP contribution in [0.25, 0.3) is 0 Å². The van der Waals surface area contributed by atoms with Gasteiger partial charge in [0.1, 0.15) is 13.2 Å². The first-order chi connectivity index (χ1) is 31.0. The van der Waals surface area contributed by atoms with E-state index < -0.39 is 6.10 Å². The van der Waals surface area contributed by atoms with Crippen molar-refractivity contribution in [3.63, 3.8) is 0 Å². The maximum absolute atomic E-state index is 12.8. The van der Waals surface area contributed by atoms with Crippen LogP contribution in [-0.4, -0.2) is 37.2 Å². The molecule has 6 nitrogen and oxygen atoms in total. The summed E-state index contributed by atoms with van der Waals surface area (Å²) in [5.41, 5.74) is 0. The van der Waals surface area contributed by atoms with E-state index in [9.17, 15) is 14.4 Å². The van der Waals surface area contributed by atoms with E-state index in [0.717, 1.165) is 103 Å².